The third kappa shape index (κ3) is 3.93. The van der Waals surface area contributed by atoms with Gasteiger partial charge in [-0.1, -0.05) is 18.2 Å². The molecule has 1 amide bonds. The summed E-state index contributed by atoms with van der Waals surface area (Å²) >= 11 is 0. The molecule has 1 aliphatic heterocycles. The van der Waals surface area contributed by atoms with E-state index in [4.69, 9.17) is 0 Å². The fraction of sp³-hybridized carbons (Fsp3) is 0.632. The van der Waals surface area contributed by atoms with Crippen molar-refractivity contribution in [3.8, 4) is 0 Å². The third-order valence-electron chi connectivity index (χ3n) is 5.06. The molecule has 0 unspecified atom stereocenters. The number of rotatable bonds is 4. The Morgan fingerprint density at radius 2 is 2.00 bits per heavy atom. The van der Waals surface area contributed by atoms with Crippen molar-refractivity contribution in [1.29, 1.82) is 0 Å². The molecule has 4 nitrogen and oxygen atoms in total. The summed E-state index contributed by atoms with van der Waals surface area (Å²) in [6.07, 6.45) is 5.97. The molecule has 0 saturated carbocycles. The van der Waals surface area contributed by atoms with Gasteiger partial charge in [0.05, 0.1) is 18.6 Å². The quantitative estimate of drug-likeness (QED) is 0.918. The van der Waals surface area contributed by atoms with E-state index >= 15 is 0 Å². The van der Waals surface area contributed by atoms with Crippen molar-refractivity contribution in [3.63, 3.8) is 0 Å². The number of hydrogen-bond acceptors (Lipinski definition) is 3. The van der Waals surface area contributed by atoms with Gasteiger partial charge in [0.1, 0.15) is 0 Å². The highest BCUT2D eigenvalue weighted by Crippen LogP contribution is 2.25. The smallest absolute Gasteiger partial charge is 0.227 e. The average Bonchev–Trinajstić information content (AvgIpc) is 2.88. The third-order valence-corrected chi connectivity index (χ3v) is 5.06. The van der Waals surface area contributed by atoms with Gasteiger partial charge >= 0.3 is 0 Å². The van der Waals surface area contributed by atoms with Crippen LogP contribution in [0.2, 0.25) is 0 Å². The van der Waals surface area contributed by atoms with E-state index < -0.39 is 5.60 Å². The molecule has 1 saturated heterocycles. The van der Waals surface area contributed by atoms with Crippen molar-refractivity contribution in [1.82, 2.24) is 9.80 Å². The molecule has 1 atom stereocenters. The number of aliphatic hydroxyl groups is 1. The summed E-state index contributed by atoms with van der Waals surface area (Å²) in [6.45, 7) is 1.72. The number of fused-ring (bicyclic) bond motifs is 1. The van der Waals surface area contributed by atoms with Crippen LogP contribution >= 0.6 is 0 Å². The minimum Gasteiger partial charge on any atom is -0.387 e. The molecular weight excluding hydrogens is 288 g/mol. The van der Waals surface area contributed by atoms with Gasteiger partial charge in [0.15, 0.2) is 0 Å². The molecule has 1 N–H and O–H groups in total. The molecule has 0 bridgehead atoms. The van der Waals surface area contributed by atoms with Crippen molar-refractivity contribution >= 4 is 5.91 Å². The van der Waals surface area contributed by atoms with Gasteiger partial charge in [0, 0.05) is 13.1 Å². The van der Waals surface area contributed by atoms with Gasteiger partial charge in [-0.05, 0) is 62.9 Å². The van der Waals surface area contributed by atoms with Gasteiger partial charge in [-0.25, -0.2) is 0 Å². The number of aryl methyl sites for hydroxylation is 2. The normalized spacial score (nSPS) is 24.1. The van der Waals surface area contributed by atoms with Crippen molar-refractivity contribution in [3.05, 3.63) is 34.9 Å². The van der Waals surface area contributed by atoms with Crippen molar-refractivity contribution in [2.45, 2.75) is 44.1 Å². The molecule has 4 heteroatoms. The molecule has 126 valence electrons. The zero-order valence-corrected chi connectivity index (χ0v) is 14.3. The second-order valence-corrected chi connectivity index (χ2v) is 7.51. The lowest BCUT2D eigenvalue weighted by molar-refractivity contribution is -0.130. The summed E-state index contributed by atoms with van der Waals surface area (Å²) in [5, 5.41) is 10.6. The molecule has 2 aliphatic rings. The fourth-order valence-corrected chi connectivity index (χ4v) is 3.97. The Balaban J connectivity index is 1.61. The second kappa shape index (κ2) is 6.62. The molecule has 1 aliphatic carbocycles. The van der Waals surface area contributed by atoms with Crippen LogP contribution in [0.4, 0.5) is 0 Å². The van der Waals surface area contributed by atoms with Gasteiger partial charge in [-0.15, -0.1) is 0 Å². The number of benzene rings is 1. The Bertz CT molecular complexity index is 585. The predicted octanol–water partition coefficient (Wildman–Crippen LogP) is 1.63. The highest BCUT2D eigenvalue weighted by Gasteiger charge is 2.38. The number of carbonyl (C=O) groups is 1. The number of hydrogen-bond donors (Lipinski definition) is 1. The lowest BCUT2D eigenvalue weighted by Crippen LogP contribution is -2.43. The first-order valence-corrected chi connectivity index (χ1v) is 8.71. The lowest BCUT2D eigenvalue weighted by Gasteiger charge is -2.26. The standard InChI is InChI=1S/C19H28N2O2/c1-20(2)13-19(23)9-10-21(14-19)18(22)12-15-7-8-16-5-3-4-6-17(16)11-15/h7-8,11,23H,3-6,9-10,12-14H2,1-2H3/t19-/m0/s1. The molecule has 0 spiro atoms. The number of nitrogens with zero attached hydrogens (tertiary/aromatic N) is 2. The Kier molecular flexibility index (Phi) is 4.74. The van der Waals surface area contributed by atoms with E-state index in [-0.39, 0.29) is 5.91 Å². The molecule has 1 aromatic carbocycles. The summed E-state index contributed by atoms with van der Waals surface area (Å²) in [7, 11) is 3.91. The van der Waals surface area contributed by atoms with Crippen LogP contribution in [0, 0.1) is 0 Å². The van der Waals surface area contributed by atoms with Crippen LogP contribution in [0.3, 0.4) is 0 Å². The monoisotopic (exact) mass is 316 g/mol. The van der Waals surface area contributed by atoms with Crippen LogP contribution in [0.25, 0.3) is 0 Å². The van der Waals surface area contributed by atoms with E-state index in [1.165, 1.54) is 30.4 Å². The molecule has 1 aromatic rings. The minimum atomic E-state index is -0.755. The maximum absolute atomic E-state index is 12.6. The van der Waals surface area contributed by atoms with Gasteiger partial charge in [0.25, 0.3) is 0 Å². The molecule has 1 heterocycles. The molecular formula is C19H28N2O2. The first-order valence-electron chi connectivity index (χ1n) is 8.71. The summed E-state index contributed by atoms with van der Waals surface area (Å²) < 4.78 is 0. The number of carbonyl (C=O) groups excluding carboxylic acids is 1. The number of likely N-dealkylation sites (N-methyl/N-ethyl adjacent to an activating group) is 1. The fourth-order valence-electron chi connectivity index (χ4n) is 3.97. The van der Waals surface area contributed by atoms with Gasteiger partial charge in [-0.3, -0.25) is 4.79 Å². The lowest BCUT2D eigenvalue weighted by atomic mass is 9.90. The zero-order chi connectivity index (χ0) is 16.4. The zero-order valence-electron chi connectivity index (χ0n) is 14.3. The summed E-state index contributed by atoms with van der Waals surface area (Å²) in [5.41, 5.74) is 3.23. The Labute approximate surface area is 139 Å². The van der Waals surface area contributed by atoms with Crippen molar-refractivity contribution in [2.75, 3.05) is 33.7 Å². The summed E-state index contributed by atoms with van der Waals surface area (Å²) in [4.78, 5) is 16.4. The highest BCUT2D eigenvalue weighted by molar-refractivity contribution is 5.79. The molecule has 3 rings (SSSR count). The first kappa shape index (κ1) is 16.5. The maximum atomic E-state index is 12.6. The van der Waals surface area contributed by atoms with Gasteiger partial charge in [0.2, 0.25) is 5.91 Å². The Morgan fingerprint density at radius 3 is 2.74 bits per heavy atom. The number of likely N-dealkylation sites (tertiary alicyclic amines) is 1. The van der Waals surface area contributed by atoms with Gasteiger partial charge in [-0.2, -0.15) is 0 Å². The van der Waals surface area contributed by atoms with E-state index in [2.05, 4.69) is 18.2 Å². The van der Waals surface area contributed by atoms with Crippen molar-refractivity contribution in [2.24, 2.45) is 0 Å². The first-order chi connectivity index (χ1) is 11.0. The van der Waals surface area contributed by atoms with E-state index in [0.717, 1.165) is 12.0 Å². The molecule has 1 fully saturated rings. The highest BCUT2D eigenvalue weighted by atomic mass is 16.3. The SMILES string of the molecule is CN(C)C[C@@]1(O)CCN(C(=O)Cc2ccc3c(c2)CCCC3)C1. The van der Waals surface area contributed by atoms with Crippen LogP contribution in [-0.2, 0) is 24.1 Å². The molecule has 0 aromatic heterocycles. The Morgan fingerprint density at radius 1 is 1.26 bits per heavy atom. The number of β-amino-alcohol motifs (C(OH)–C–C–N with tert-alkyl or cyclic N) is 1. The van der Waals surface area contributed by atoms with E-state index in [1.807, 2.05) is 23.9 Å². The Hall–Kier alpha value is -1.39. The van der Waals surface area contributed by atoms with E-state index in [0.29, 0.717) is 32.5 Å². The predicted molar refractivity (Wildman–Crippen MR) is 91.5 cm³/mol. The van der Waals surface area contributed by atoms with Crippen LogP contribution in [-0.4, -0.2) is 60.1 Å². The second-order valence-electron chi connectivity index (χ2n) is 7.51. The average molecular weight is 316 g/mol. The van der Waals surface area contributed by atoms with Gasteiger partial charge < -0.3 is 14.9 Å². The topological polar surface area (TPSA) is 43.8 Å². The van der Waals surface area contributed by atoms with Crippen LogP contribution < -0.4 is 0 Å². The van der Waals surface area contributed by atoms with Crippen LogP contribution in [0.1, 0.15) is 36.0 Å². The molecule has 0 radical (unpaired) electrons. The van der Waals surface area contributed by atoms with Crippen molar-refractivity contribution < 1.29 is 9.90 Å². The van der Waals surface area contributed by atoms with Crippen LogP contribution in [0.15, 0.2) is 18.2 Å². The summed E-state index contributed by atoms with van der Waals surface area (Å²) in [6, 6.07) is 6.52. The molecule has 23 heavy (non-hydrogen) atoms. The van der Waals surface area contributed by atoms with E-state index in [1.54, 1.807) is 0 Å². The van der Waals surface area contributed by atoms with Crippen LogP contribution in [0.5, 0.6) is 0 Å². The minimum absolute atomic E-state index is 0.135. The number of amides is 1. The largest absolute Gasteiger partial charge is 0.387 e. The summed E-state index contributed by atoms with van der Waals surface area (Å²) in [5.74, 6) is 0.135. The maximum Gasteiger partial charge on any atom is 0.227 e. The van der Waals surface area contributed by atoms with E-state index in [9.17, 15) is 9.90 Å².